The normalized spacial score (nSPS) is 17.2. The molecule has 0 unspecified atom stereocenters. The van der Waals surface area contributed by atoms with Crippen LogP contribution in [0.5, 0.6) is 0 Å². The molecule has 5 rings (SSSR count). The molecule has 1 N–H and O–H groups in total. The van der Waals surface area contributed by atoms with Gasteiger partial charge >= 0.3 is 0 Å². The second kappa shape index (κ2) is 7.92. The van der Waals surface area contributed by atoms with Gasteiger partial charge in [0.15, 0.2) is 5.58 Å². The molecule has 3 heterocycles. The fourth-order valence-electron chi connectivity index (χ4n) is 3.73. The lowest BCUT2D eigenvalue weighted by Crippen LogP contribution is -2.42. The number of carbonyl (C=O) groups is 1. The maximum absolute atomic E-state index is 12.9. The molecule has 31 heavy (non-hydrogen) atoms. The third-order valence-electron chi connectivity index (χ3n) is 5.26. The number of thiophene rings is 1. The minimum atomic E-state index is -3.67. The van der Waals surface area contributed by atoms with E-state index < -0.39 is 16.1 Å². The topological polar surface area (TPSA) is 92.5 Å². The molecular weight excluding hydrogens is 434 g/mol. The first-order valence-corrected chi connectivity index (χ1v) is 12.2. The lowest BCUT2D eigenvalue weighted by Gasteiger charge is -2.22. The average Bonchev–Trinajstić information content (AvgIpc) is 3.54. The summed E-state index contributed by atoms with van der Waals surface area (Å²) in [5.74, 6) is 0.176. The van der Waals surface area contributed by atoms with Crippen molar-refractivity contribution in [2.45, 2.75) is 23.1 Å². The summed E-state index contributed by atoms with van der Waals surface area (Å²) in [6.07, 6.45) is 1.15. The van der Waals surface area contributed by atoms with Gasteiger partial charge in [0, 0.05) is 17.8 Å². The summed E-state index contributed by atoms with van der Waals surface area (Å²) in [5.41, 5.74) is 2.87. The number of carbonyl (C=O) groups excluding carboxylic acids is 1. The van der Waals surface area contributed by atoms with E-state index in [1.165, 1.54) is 4.31 Å². The maximum Gasteiger partial charge on any atom is 0.253 e. The molecule has 2 aromatic carbocycles. The van der Waals surface area contributed by atoms with E-state index in [1.54, 1.807) is 29.6 Å². The van der Waals surface area contributed by atoms with E-state index in [0.29, 0.717) is 36.5 Å². The highest BCUT2D eigenvalue weighted by molar-refractivity contribution is 7.91. The number of fused-ring (bicyclic) bond motifs is 1. The van der Waals surface area contributed by atoms with Gasteiger partial charge in [-0.3, -0.25) is 4.79 Å². The van der Waals surface area contributed by atoms with Crippen molar-refractivity contribution < 1.29 is 17.6 Å². The average molecular weight is 454 g/mol. The first kappa shape index (κ1) is 19.9. The molecular formula is C22H19N3O4S2. The summed E-state index contributed by atoms with van der Waals surface area (Å²) in [7, 11) is -3.67. The molecule has 4 aromatic rings. The van der Waals surface area contributed by atoms with E-state index in [-0.39, 0.29) is 10.1 Å². The summed E-state index contributed by atoms with van der Waals surface area (Å²) < 4.78 is 33.1. The number of rotatable bonds is 5. The molecule has 1 fully saturated rings. The van der Waals surface area contributed by atoms with E-state index >= 15 is 0 Å². The predicted octanol–water partition coefficient (Wildman–Crippen LogP) is 4.35. The highest BCUT2D eigenvalue weighted by Crippen LogP contribution is 2.30. The molecule has 1 aliphatic rings. The number of oxazole rings is 1. The summed E-state index contributed by atoms with van der Waals surface area (Å²) in [4.78, 5) is 17.3. The van der Waals surface area contributed by atoms with Crippen molar-refractivity contribution in [3.8, 4) is 11.5 Å². The number of anilines is 1. The number of hydrogen-bond donors (Lipinski definition) is 1. The van der Waals surface area contributed by atoms with Gasteiger partial charge in [0.2, 0.25) is 11.8 Å². The smallest absolute Gasteiger partial charge is 0.253 e. The Balaban J connectivity index is 1.32. The molecule has 1 saturated heterocycles. The molecule has 0 spiro atoms. The van der Waals surface area contributed by atoms with Gasteiger partial charge in [-0.05, 0) is 60.7 Å². The third kappa shape index (κ3) is 3.76. The second-order valence-electron chi connectivity index (χ2n) is 7.26. The maximum atomic E-state index is 12.9. The Labute approximate surface area is 183 Å². The van der Waals surface area contributed by atoms with E-state index in [0.717, 1.165) is 22.4 Å². The largest absolute Gasteiger partial charge is 0.436 e. The van der Waals surface area contributed by atoms with E-state index in [2.05, 4.69) is 10.3 Å². The lowest BCUT2D eigenvalue weighted by molar-refractivity contribution is -0.119. The number of para-hydroxylation sites is 2. The Morgan fingerprint density at radius 3 is 2.65 bits per heavy atom. The van der Waals surface area contributed by atoms with Crippen molar-refractivity contribution in [1.82, 2.24) is 9.29 Å². The molecule has 1 atom stereocenters. The van der Waals surface area contributed by atoms with Gasteiger partial charge in [0.25, 0.3) is 10.0 Å². The predicted molar refractivity (Wildman–Crippen MR) is 119 cm³/mol. The van der Waals surface area contributed by atoms with E-state index in [9.17, 15) is 13.2 Å². The Morgan fingerprint density at radius 2 is 1.90 bits per heavy atom. The summed E-state index contributed by atoms with van der Waals surface area (Å²) in [5, 5.41) is 4.56. The third-order valence-corrected chi connectivity index (χ3v) is 8.54. The van der Waals surface area contributed by atoms with Crippen LogP contribution in [-0.2, 0) is 14.8 Å². The van der Waals surface area contributed by atoms with Gasteiger partial charge in [-0.2, -0.15) is 4.31 Å². The number of benzene rings is 2. The monoisotopic (exact) mass is 453 g/mol. The zero-order chi connectivity index (χ0) is 21.4. The van der Waals surface area contributed by atoms with Crippen LogP contribution in [0.25, 0.3) is 22.6 Å². The Hall–Kier alpha value is -3.01. The fraction of sp³-hybridized carbons (Fsp3) is 0.182. The standard InChI is InChI=1S/C22H19N3O4S2/c26-21(18-6-3-13-25(18)31(27,28)20-8-4-14-30-20)23-16-11-9-15(10-12-16)22-24-17-5-1-2-7-19(17)29-22/h1-2,4-5,7-12,14,18H,3,6,13H2,(H,23,26)/t18-/m0/s1. The van der Waals surface area contributed by atoms with Crippen LogP contribution in [0.1, 0.15) is 12.8 Å². The minimum Gasteiger partial charge on any atom is -0.436 e. The highest BCUT2D eigenvalue weighted by Gasteiger charge is 2.39. The summed E-state index contributed by atoms with van der Waals surface area (Å²) >= 11 is 1.16. The van der Waals surface area contributed by atoms with Gasteiger partial charge in [-0.25, -0.2) is 13.4 Å². The van der Waals surface area contributed by atoms with Crippen molar-refractivity contribution in [2.75, 3.05) is 11.9 Å². The van der Waals surface area contributed by atoms with Crippen LogP contribution < -0.4 is 5.32 Å². The number of aromatic nitrogens is 1. The molecule has 2 aromatic heterocycles. The molecule has 0 radical (unpaired) electrons. The van der Waals surface area contributed by atoms with Crippen LogP contribution >= 0.6 is 11.3 Å². The summed E-state index contributed by atoms with van der Waals surface area (Å²) in [6, 6.07) is 17.2. The molecule has 9 heteroatoms. The van der Waals surface area contributed by atoms with E-state index in [1.807, 2.05) is 36.4 Å². The van der Waals surface area contributed by atoms with Crippen LogP contribution in [0.15, 0.2) is 74.7 Å². The van der Waals surface area contributed by atoms with Crippen molar-refractivity contribution in [1.29, 1.82) is 0 Å². The van der Waals surface area contributed by atoms with Crippen molar-refractivity contribution >= 4 is 44.1 Å². The van der Waals surface area contributed by atoms with E-state index in [4.69, 9.17) is 4.42 Å². The summed E-state index contributed by atoms with van der Waals surface area (Å²) in [6.45, 7) is 0.342. The highest BCUT2D eigenvalue weighted by atomic mass is 32.2. The molecule has 1 aliphatic heterocycles. The van der Waals surface area contributed by atoms with Gasteiger partial charge in [-0.1, -0.05) is 18.2 Å². The molecule has 0 bridgehead atoms. The zero-order valence-corrected chi connectivity index (χ0v) is 18.0. The first-order valence-electron chi connectivity index (χ1n) is 9.84. The molecule has 158 valence electrons. The zero-order valence-electron chi connectivity index (χ0n) is 16.4. The molecule has 7 nitrogen and oxygen atoms in total. The fourth-order valence-corrected chi connectivity index (χ4v) is 6.51. The second-order valence-corrected chi connectivity index (χ2v) is 10.3. The van der Waals surface area contributed by atoms with Gasteiger partial charge in [0.1, 0.15) is 15.8 Å². The van der Waals surface area contributed by atoms with Crippen LogP contribution in [0.4, 0.5) is 5.69 Å². The van der Waals surface area contributed by atoms with Crippen LogP contribution in [0, 0.1) is 0 Å². The quantitative estimate of drug-likeness (QED) is 0.485. The van der Waals surface area contributed by atoms with Crippen LogP contribution in [-0.4, -0.2) is 36.2 Å². The Morgan fingerprint density at radius 1 is 1.10 bits per heavy atom. The lowest BCUT2D eigenvalue weighted by atomic mass is 10.2. The molecule has 0 saturated carbocycles. The number of nitrogens with zero attached hydrogens (tertiary/aromatic N) is 2. The van der Waals surface area contributed by atoms with Crippen LogP contribution in [0.2, 0.25) is 0 Å². The van der Waals surface area contributed by atoms with Crippen molar-refractivity contribution in [2.24, 2.45) is 0 Å². The molecule has 0 aliphatic carbocycles. The van der Waals surface area contributed by atoms with Crippen LogP contribution in [0.3, 0.4) is 0 Å². The van der Waals surface area contributed by atoms with Crippen molar-refractivity contribution in [3.05, 3.63) is 66.0 Å². The number of nitrogens with one attached hydrogen (secondary N) is 1. The number of amides is 1. The number of hydrogen-bond acceptors (Lipinski definition) is 6. The van der Waals surface area contributed by atoms with Gasteiger partial charge in [0.05, 0.1) is 0 Å². The molecule has 1 amide bonds. The minimum absolute atomic E-state index is 0.259. The Kier molecular flexibility index (Phi) is 5.09. The Bertz CT molecular complexity index is 1300. The number of sulfonamides is 1. The van der Waals surface area contributed by atoms with Gasteiger partial charge in [-0.15, -0.1) is 11.3 Å². The first-order chi connectivity index (χ1) is 15.0. The SMILES string of the molecule is O=C(Nc1ccc(-c2nc3ccccc3o2)cc1)[C@@H]1CCCN1S(=O)(=O)c1cccs1. The van der Waals surface area contributed by atoms with Crippen molar-refractivity contribution in [3.63, 3.8) is 0 Å². The van der Waals surface area contributed by atoms with Gasteiger partial charge < -0.3 is 9.73 Å².